The molecule has 0 aliphatic heterocycles. The Labute approximate surface area is 149 Å². The molecule has 2 aromatic heterocycles. The van der Waals surface area contributed by atoms with Gasteiger partial charge in [0.25, 0.3) is 5.56 Å². The van der Waals surface area contributed by atoms with E-state index in [2.05, 4.69) is 19.3 Å². The molecule has 0 atom stereocenters. The molecule has 0 fully saturated rings. The standard InChI is InChI=1S/C17H21N3O4S/c1-5-20-10(2)6-13(11(20)3)14(21)9-25-17-18-12(7-15(22)19-17)8-16(23)24-4/h6-7H,5,8-9H2,1-4H3,(H,18,19,22). The van der Waals surface area contributed by atoms with Crippen LogP contribution in [-0.4, -0.2) is 39.2 Å². The van der Waals surface area contributed by atoms with Crippen LogP contribution in [0.2, 0.25) is 0 Å². The van der Waals surface area contributed by atoms with E-state index in [1.165, 1.54) is 13.2 Å². The molecule has 0 bridgehead atoms. The SMILES string of the molecule is CCn1c(C)cc(C(=O)CSc2nc(CC(=O)OC)cc(=O)[nH]2)c1C. The summed E-state index contributed by atoms with van der Waals surface area (Å²) < 4.78 is 6.65. The van der Waals surface area contributed by atoms with Crippen LogP contribution in [0.4, 0.5) is 0 Å². The zero-order valence-corrected chi connectivity index (χ0v) is 15.5. The van der Waals surface area contributed by atoms with Gasteiger partial charge in [0.1, 0.15) is 0 Å². The first kappa shape index (κ1) is 19.0. The number of ether oxygens (including phenoxy) is 1. The van der Waals surface area contributed by atoms with Crippen LogP contribution < -0.4 is 5.56 Å². The summed E-state index contributed by atoms with van der Waals surface area (Å²) in [4.78, 5) is 42.3. The summed E-state index contributed by atoms with van der Waals surface area (Å²) in [7, 11) is 1.27. The maximum Gasteiger partial charge on any atom is 0.311 e. The van der Waals surface area contributed by atoms with Crippen LogP contribution in [0.15, 0.2) is 22.1 Å². The van der Waals surface area contributed by atoms with Crippen molar-refractivity contribution in [2.24, 2.45) is 0 Å². The predicted molar refractivity (Wildman–Crippen MR) is 95.2 cm³/mol. The van der Waals surface area contributed by atoms with Gasteiger partial charge in [-0.1, -0.05) is 11.8 Å². The van der Waals surface area contributed by atoms with Gasteiger partial charge < -0.3 is 14.3 Å². The Morgan fingerprint density at radius 1 is 1.32 bits per heavy atom. The van der Waals surface area contributed by atoms with E-state index in [4.69, 9.17) is 0 Å². The summed E-state index contributed by atoms with van der Waals surface area (Å²) in [5, 5.41) is 0.309. The summed E-state index contributed by atoms with van der Waals surface area (Å²) in [5.74, 6) is -0.352. The van der Waals surface area contributed by atoms with E-state index in [1.807, 2.05) is 26.8 Å². The molecule has 0 aromatic carbocycles. The first-order chi connectivity index (χ1) is 11.8. The molecule has 2 aromatic rings. The van der Waals surface area contributed by atoms with E-state index < -0.39 is 5.97 Å². The minimum absolute atomic E-state index is 0.0289. The van der Waals surface area contributed by atoms with Crippen molar-refractivity contribution in [2.45, 2.75) is 38.9 Å². The Balaban J connectivity index is 2.12. The Bertz CT molecular complexity index is 854. The molecule has 8 heteroatoms. The average Bonchev–Trinajstić information content (AvgIpc) is 2.86. The van der Waals surface area contributed by atoms with Crippen LogP contribution in [0, 0.1) is 13.8 Å². The summed E-state index contributed by atoms with van der Waals surface area (Å²) in [6.07, 6.45) is -0.0838. The van der Waals surface area contributed by atoms with E-state index in [-0.39, 0.29) is 23.5 Å². The van der Waals surface area contributed by atoms with Gasteiger partial charge in [-0.05, 0) is 26.8 Å². The van der Waals surface area contributed by atoms with Crippen molar-refractivity contribution in [1.29, 1.82) is 0 Å². The second-order valence-electron chi connectivity index (χ2n) is 5.54. The summed E-state index contributed by atoms with van der Waals surface area (Å²) >= 11 is 1.14. The van der Waals surface area contributed by atoms with Crippen LogP contribution in [0.5, 0.6) is 0 Å². The average molecular weight is 363 g/mol. The lowest BCUT2D eigenvalue weighted by Gasteiger charge is -2.06. The van der Waals surface area contributed by atoms with Crippen molar-refractivity contribution < 1.29 is 14.3 Å². The molecule has 0 saturated carbocycles. The number of ketones is 1. The lowest BCUT2D eigenvalue weighted by molar-refractivity contribution is -0.139. The Morgan fingerprint density at radius 3 is 2.64 bits per heavy atom. The molecule has 0 amide bonds. The van der Waals surface area contributed by atoms with Gasteiger partial charge in [-0.2, -0.15) is 0 Å². The number of hydrogen-bond donors (Lipinski definition) is 1. The molecule has 25 heavy (non-hydrogen) atoms. The fourth-order valence-corrected chi connectivity index (χ4v) is 3.42. The Hall–Kier alpha value is -2.35. The monoisotopic (exact) mass is 363 g/mol. The smallest absolute Gasteiger partial charge is 0.311 e. The number of hydrogen-bond acceptors (Lipinski definition) is 6. The maximum atomic E-state index is 12.5. The molecule has 2 rings (SSSR count). The number of H-pyrrole nitrogens is 1. The van der Waals surface area contributed by atoms with E-state index in [1.54, 1.807) is 0 Å². The van der Waals surface area contributed by atoms with Gasteiger partial charge in [-0.3, -0.25) is 14.4 Å². The predicted octanol–water partition coefficient (Wildman–Crippen LogP) is 1.90. The number of aromatic nitrogens is 3. The molecular formula is C17H21N3O4S. The highest BCUT2D eigenvalue weighted by molar-refractivity contribution is 7.99. The molecule has 0 aliphatic rings. The molecule has 2 heterocycles. The second kappa shape index (κ2) is 8.15. The molecule has 0 saturated heterocycles. The number of carbonyl (C=O) groups excluding carboxylic acids is 2. The van der Waals surface area contributed by atoms with Crippen molar-refractivity contribution in [3.8, 4) is 0 Å². The molecule has 134 valence electrons. The number of nitrogens with zero attached hydrogens (tertiary/aromatic N) is 2. The normalized spacial score (nSPS) is 10.7. The third kappa shape index (κ3) is 4.60. The Kier molecular flexibility index (Phi) is 6.19. The fourth-order valence-electron chi connectivity index (χ4n) is 2.64. The maximum absolute atomic E-state index is 12.5. The minimum atomic E-state index is -0.475. The first-order valence-electron chi connectivity index (χ1n) is 7.85. The Morgan fingerprint density at radius 2 is 2.04 bits per heavy atom. The van der Waals surface area contributed by atoms with E-state index in [0.717, 1.165) is 29.7 Å². The molecule has 1 N–H and O–H groups in total. The summed E-state index contributed by atoms with van der Waals surface area (Å²) in [5.41, 5.74) is 2.61. The summed E-state index contributed by atoms with van der Waals surface area (Å²) in [6.45, 7) is 6.73. The van der Waals surface area contributed by atoms with Crippen molar-refractivity contribution in [3.63, 3.8) is 0 Å². The van der Waals surface area contributed by atoms with Crippen molar-refractivity contribution in [1.82, 2.24) is 14.5 Å². The number of Topliss-reactive ketones (excluding diaryl/α,β-unsaturated/α-hetero) is 1. The third-order valence-corrected chi connectivity index (χ3v) is 4.73. The number of esters is 1. The largest absolute Gasteiger partial charge is 0.469 e. The van der Waals surface area contributed by atoms with Crippen LogP contribution in [0.1, 0.15) is 34.4 Å². The highest BCUT2D eigenvalue weighted by atomic mass is 32.2. The number of aryl methyl sites for hydroxylation is 1. The van der Waals surface area contributed by atoms with E-state index in [0.29, 0.717) is 16.4 Å². The lowest BCUT2D eigenvalue weighted by Crippen LogP contribution is -2.14. The topological polar surface area (TPSA) is 94.0 Å². The minimum Gasteiger partial charge on any atom is -0.469 e. The highest BCUT2D eigenvalue weighted by Crippen LogP contribution is 2.19. The van der Waals surface area contributed by atoms with Crippen LogP contribution in [0.25, 0.3) is 0 Å². The quantitative estimate of drug-likeness (QED) is 0.349. The van der Waals surface area contributed by atoms with Gasteiger partial charge in [0.05, 0.1) is 25.0 Å². The number of methoxy groups -OCH3 is 1. The van der Waals surface area contributed by atoms with Crippen LogP contribution in [0.3, 0.4) is 0 Å². The van der Waals surface area contributed by atoms with Gasteiger partial charge in [-0.25, -0.2) is 4.98 Å². The zero-order chi connectivity index (χ0) is 18.6. The molecular weight excluding hydrogens is 342 g/mol. The van der Waals surface area contributed by atoms with Gasteiger partial charge in [0.15, 0.2) is 10.9 Å². The highest BCUT2D eigenvalue weighted by Gasteiger charge is 2.16. The fraction of sp³-hybridized carbons (Fsp3) is 0.412. The number of aromatic amines is 1. The molecule has 0 aliphatic carbocycles. The van der Waals surface area contributed by atoms with Crippen LogP contribution in [-0.2, 0) is 22.5 Å². The number of carbonyl (C=O) groups is 2. The third-order valence-electron chi connectivity index (χ3n) is 3.86. The van der Waals surface area contributed by atoms with Gasteiger partial charge >= 0.3 is 5.97 Å². The van der Waals surface area contributed by atoms with E-state index in [9.17, 15) is 14.4 Å². The number of rotatable bonds is 7. The number of nitrogens with one attached hydrogen (secondary N) is 1. The van der Waals surface area contributed by atoms with E-state index >= 15 is 0 Å². The van der Waals surface area contributed by atoms with Crippen molar-refractivity contribution in [2.75, 3.05) is 12.9 Å². The molecule has 7 nitrogen and oxygen atoms in total. The molecule has 0 unspecified atom stereocenters. The van der Waals surface area contributed by atoms with Crippen molar-refractivity contribution in [3.05, 3.63) is 45.1 Å². The molecule has 0 spiro atoms. The second-order valence-corrected chi connectivity index (χ2v) is 6.50. The van der Waals surface area contributed by atoms with Gasteiger partial charge in [0, 0.05) is 29.6 Å². The van der Waals surface area contributed by atoms with Gasteiger partial charge in [0.2, 0.25) is 0 Å². The number of thioether (sulfide) groups is 1. The summed E-state index contributed by atoms with van der Waals surface area (Å²) in [6, 6.07) is 3.13. The molecule has 0 radical (unpaired) electrons. The first-order valence-corrected chi connectivity index (χ1v) is 8.84. The van der Waals surface area contributed by atoms with Crippen molar-refractivity contribution >= 4 is 23.5 Å². The zero-order valence-electron chi connectivity index (χ0n) is 14.7. The lowest BCUT2D eigenvalue weighted by atomic mass is 10.2. The van der Waals surface area contributed by atoms with Crippen LogP contribution >= 0.6 is 11.8 Å². The van der Waals surface area contributed by atoms with Gasteiger partial charge in [-0.15, -0.1) is 0 Å².